The van der Waals surface area contributed by atoms with Crippen LogP contribution in [0.3, 0.4) is 0 Å². The van der Waals surface area contributed by atoms with Gasteiger partial charge in [-0.05, 0) is 25.9 Å². The first-order chi connectivity index (χ1) is 7.86. The van der Waals surface area contributed by atoms with E-state index >= 15 is 0 Å². The van der Waals surface area contributed by atoms with Crippen LogP contribution < -0.4 is 0 Å². The number of unbranched alkanes of at least 4 members (excludes halogenated alkanes) is 2. The van der Waals surface area contributed by atoms with E-state index < -0.39 is 0 Å². The molecule has 2 nitrogen and oxygen atoms in total. The Morgan fingerprint density at radius 1 is 0.688 bits per heavy atom. The molecule has 0 saturated carbocycles. The average molecular weight is 228 g/mol. The van der Waals surface area contributed by atoms with Crippen molar-refractivity contribution in [2.75, 3.05) is 39.3 Å². The lowest BCUT2D eigenvalue weighted by Gasteiger charge is -2.34. The van der Waals surface area contributed by atoms with E-state index in [2.05, 4.69) is 23.6 Å². The molecule has 0 atom stereocenters. The van der Waals surface area contributed by atoms with Crippen molar-refractivity contribution < 1.29 is 0 Å². The summed E-state index contributed by atoms with van der Waals surface area (Å²) in [5.74, 6) is 0. The van der Waals surface area contributed by atoms with E-state index in [9.17, 15) is 0 Å². The number of piperazine rings is 1. The molecule has 1 rings (SSSR count). The first-order valence-corrected chi connectivity index (χ1v) is 7.31. The van der Waals surface area contributed by atoms with Crippen LogP contribution in [0.2, 0.25) is 0 Å². The van der Waals surface area contributed by atoms with Crippen LogP contribution in [0.1, 0.15) is 53.4 Å². The van der Waals surface area contributed by atoms with Crippen LogP contribution in [0.4, 0.5) is 0 Å². The van der Waals surface area contributed by atoms with Gasteiger partial charge in [0.15, 0.2) is 0 Å². The molecule has 0 aromatic carbocycles. The molecule has 1 aliphatic heterocycles. The Labute approximate surface area is 103 Å². The van der Waals surface area contributed by atoms with Crippen molar-refractivity contribution >= 4 is 0 Å². The van der Waals surface area contributed by atoms with Crippen LogP contribution in [-0.4, -0.2) is 49.1 Å². The first-order valence-electron chi connectivity index (χ1n) is 7.31. The molecule has 1 saturated heterocycles. The van der Waals surface area contributed by atoms with Crippen LogP contribution in [0, 0.1) is 0 Å². The van der Waals surface area contributed by atoms with Gasteiger partial charge in [-0.3, -0.25) is 0 Å². The van der Waals surface area contributed by atoms with Crippen LogP contribution in [0.25, 0.3) is 0 Å². The third kappa shape index (κ3) is 7.24. The van der Waals surface area contributed by atoms with E-state index in [1.165, 1.54) is 65.0 Å². The fourth-order valence-electron chi connectivity index (χ4n) is 2.00. The zero-order valence-corrected chi connectivity index (χ0v) is 12.0. The van der Waals surface area contributed by atoms with Crippen molar-refractivity contribution in [3.05, 3.63) is 0 Å². The van der Waals surface area contributed by atoms with Gasteiger partial charge < -0.3 is 9.80 Å². The summed E-state index contributed by atoms with van der Waals surface area (Å²) >= 11 is 0. The van der Waals surface area contributed by atoms with E-state index in [1.54, 1.807) is 0 Å². The highest BCUT2D eigenvalue weighted by Crippen LogP contribution is 2.04. The first kappa shape index (κ1) is 15.9. The Balaban J connectivity index is 0.00000106. The van der Waals surface area contributed by atoms with Crippen molar-refractivity contribution in [1.82, 2.24) is 9.80 Å². The summed E-state index contributed by atoms with van der Waals surface area (Å²) in [5.41, 5.74) is 0. The number of hydrogen-bond acceptors (Lipinski definition) is 2. The molecule has 2 heteroatoms. The lowest BCUT2D eigenvalue weighted by Crippen LogP contribution is -2.46. The maximum absolute atomic E-state index is 2.62. The number of nitrogens with zero attached hydrogens (tertiary/aromatic N) is 2. The molecule has 16 heavy (non-hydrogen) atoms. The van der Waals surface area contributed by atoms with Gasteiger partial charge in [-0.1, -0.05) is 40.5 Å². The summed E-state index contributed by atoms with van der Waals surface area (Å²) in [7, 11) is 0. The molecule has 0 unspecified atom stereocenters. The Hall–Kier alpha value is -0.0800. The Bertz CT molecular complexity index is 113. The van der Waals surface area contributed by atoms with Crippen molar-refractivity contribution in [2.45, 2.75) is 53.4 Å². The maximum Gasteiger partial charge on any atom is 0.0110 e. The topological polar surface area (TPSA) is 6.48 Å². The summed E-state index contributed by atoms with van der Waals surface area (Å²) in [6.07, 6.45) is 5.40. The Morgan fingerprint density at radius 3 is 1.25 bits per heavy atom. The van der Waals surface area contributed by atoms with Crippen molar-refractivity contribution in [3.63, 3.8) is 0 Å². The van der Waals surface area contributed by atoms with Gasteiger partial charge in [-0.15, -0.1) is 0 Å². The molecule has 0 aromatic heterocycles. The van der Waals surface area contributed by atoms with Crippen molar-refractivity contribution in [2.24, 2.45) is 0 Å². The highest BCUT2D eigenvalue weighted by molar-refractivity contribution is 4.71. The fraction of sp³-hybridized carbons (Fsp3) is 1.00. The Morgan fingerprint density at radius 2 is 1.00 bits per heavy atom. The zero-order chi connectivity index (χ0) is 12.2. The summed E-state index contributed by atoms with van der Waals surface area (Å²) in [5, 5.41) is 0. The molecule has 0 N–H and O–H groups in total. The zero-order valence-electron chi connectivity index (χ0n) is 12.0. The quantitative estimate of drug-likeness (QED) is 0.689. The summed E-state index contributed by atoms with van der Waals surface area (Å²) in [6, 6.07) is 0. The standard InChI is InChI=1S/C12H26N2.C2H6/c1-3-5-7-13-9-11-14(12-10-13)8-6-4-2;1-2/h3-12H2,1-2H3;1-2H3. The molecule has 1 fully saturated rings. The van der Waals surface area contributed by atoms with Gasteiger partial charge in [0.1, 0.15) is 0 Å². The maximum atomic E-state index is 2.62. The predicted molar refractivity (Wildman–Crippen MR) is 74.0 cm³/mol. The van der Waals surface area contributed by atoms with Gasteiger partial charge >= 0.3 is 0 Å². The van der Waals surface area contributed by atoms with E-state index in [-0.39, 0.29) is 0 Å². The van der Waals surface area contributed by atoms with Gasteiger partial charge in [0, 0.05) is 26.2 Å². The summed E-state index contributed by atoms with van der Waals surface area (Å²) < 4.78 is 0. The SMILES string of the molecule is CC.CCCCN1CCN(CCCC)CC1. The van der Waals surface area contributed by atoms with Crippen molar-refractivity contribution in [3.8, 4) is 0 Å². The highest BCUT2D eigenvalue weighted by atomic mass is 15.3. The third-order valence-electron chi connectivity index (χ3n) is 3.12. The number of rotatable bonds is 6. The smallest absolute Gasteiger partial charge is 0.0110 e. The van der Waals surface area contributed by atoms with Crippen LogP contribution in [0.15, 0.2) is 0 Å². The normalized spacial score (nSPS) is 18.0. The molecule has 0 aliphatic carbocycles. The molecule has 98 valence electrons. The van der Waals surface area contributed by atoms with E-state index in [4.69, 9.17) is 0 Å². The second-order valence-electron chi connectivity index (χ2n) is 4.39. The predicted octanol–water partition coefficient (Wildman–Crippen LogP) is 3.23. The van der Waals surface area contributed by atoms with Gasteiger partial charge in [-0.25, -0.2) is 0 Å². The minimum absolute atomic E-state index is 1.30. The second kappa shape index (κ2) is 11.4. The lowest BCUT2D eigenvalue weighted by atomic mass is 10.2. The summed E-state index contributed by atoms with van der Waals surface area (Å²) in [6.45, 7) is 16.4. The van der Waals surface area contributed by atoms with E-state index in [0.717, 1.165) is 0 Å². The van der Waals surface area contributed by atoms with Crippen molar-refractivity contribution in [1.29, 1.82) is 0 Å². The minimum Gasteiger partial charge on any atom is -0.301 e. The van der Waals surface area contributed by atoms with Crippen LogP contribution in [-0.2, 0) is 0 Å². The molecular formula is C14H32N2. The van der Waals surface area contributed by atoms with Crippen LogP contribution in [0.5, 0.6) is 0 Å². The van der Waals surface area contributed by atoms with Gasteiger partial charge in [0.25, 0.3) is 0 Å². The molecule has 0 aromatic rings. The van der Waals surface area contributed by atoms with Gasteiger partial charge in [-0.2, -0.15) is 0 Å². The largest absolute Gasteiger partial charge is 0.301 e. The third-order valence-corrected chi connectivity index (χ3v) is 3.12. The van der Waals surface area contributed by atoms with E-state index in [0.29, 0.717) is 0 Å². The molecule has 0 radical (unpaired) electrons. The molecule has 1 aliphatic rings. The van der Waals surface area contributed by atoms with Crippen LogP contribution >= 0.6 is 0 Å². The van der Waals surface area contributed by atoms with E-state index in [1.807, 2.05) is 13.8 Å². The minimum atomic E-state index is 1.30. The fourth-order valence-corrected chi connectivity index (χ4v) is 2.00. The highest BCUT2D eigenvalue weighted by Gasteiger charge is 2.14. The molecule has 0 spiro atoms. The lowest BCUT2D eigenvalue weighted by molar-refractivity contribution is 0.130. The second-order valence-corrected chi connectivity index (χ2v) is 4.39. The molecule has 1 heterocycles. The molecule has 0 bridgehead atoms. The Kier molecular flexibility index (Phi) is 11.3. The molecular weight excluding hydrogens is 196 g/mol. The number of hydrogen-bond donors (Lipinski definition) is 0. The summed E-state index contributed by atoms with van der Waals surface area (Å²) in [4.78, 5) is 5.23. The van der Waals surface area contributed by atoms with Gasteiger partial charge in [0.05, 0.1) is 0 Å². The average Bonchev–Trinajstić information content (AvgIpc) is 2.37. The molecule has 0 amide bonds. The monoisotopic (exact) mass is 228 g/mol. The van der Waals surface area contributed by atoms with Gasteiger partial charge in [0.2, 0.25) is 0 Å².